The largest absolute Gasteiger partial charge is 0.486 e. The van der Waals surface area contributed by atoms with Crippen LogP contribution in [0.4, 0.5) is 0 Å². The van der Waals surface area contributed by atoms with Gasteiger partial charge in [0.05, 0.1) is 11.7 Å². The normalized spacial score (nSPS) is 19.4. The monoisotopic (exact) mass is 393 g/mol. The van der Waals surface area contributed by atoms with Crippen LogP contribution < -0.4 is 9.47 Å². The Hall–Kier alpha value is -2.80. The zero-order valence-electron chi connectivity index (χ0n) is 17.0. The molecule has 0 saturated carbocycles. The molecule has 7 heteroatoms. The van der Waals surface area contributed by atoms with Crippen molar-refractivity contribution in [1.82, 2.24) is 24.2 Å². The van der Waals surface area contributed by atoms with E-state index < -0.39 is 0 Å². The lowest BCUT2D eigenvalue weighted by atomic mass is 9.99. The molecule has 0 aliphatic carbocycles. The number of hydrogen-bond donors (Lipinski definition) is 0. The lowest BCUT2D eigenvalue weighted by Gasteiger charge is -2.35. The minimum Gasteiger partial charge on any atom is -0.486 e. The van der Waals surface area contributed by atoms with Gasteiger partial charge in [-0.2, -0.15) is 5.10 Å². The predicted octanol–water partition coefficient (Wildman–Crippen LogP) is 3.32. The highest BCUT2D eigenvalue weighted by atomic mass is 16.6. The van der Waals surface area contributed by atoms with Crippen LogP contribution in [0.1, 0.15) is 36.7 Å². The van der Waals surface area contributed by atoms with Gasteiger partial charge in [0.2, 0.25) is 0 Å². The van der Waals surface area contributed by atoms with E-state index in [2.05, 4.69) is 33.8 Å². The number of likely N-dealkylation sites (tertiary alicyclic amines) is 1. The molecule has 5 rings (SSSR count). The van der Waals surface area contributed by atoms with Crippen molar-refractivity contribution in [2.75, 3.05) is 19.8 Å². The van der Waals surface area contributed by atoms with Crippen LogP contribution in [0, 0.1) is 0 Å². The van der Waals surface area contributed by atoms with E-state index >= 15 is 0 Å². The minimum absolute atomic E-state index is 0.345. The first-order valence-corrected chi connectivity index (χ1v) is 10.3. The Balaban J connectivity index is 1.45. The van der Waals surface area contributed by atoms with Crippen LogP contribution in [-0.4, -0.2) is 44.0 Å². The third kappa shape index (κ3) is 3.51. The van der Waals surface area contributed by atoms with Crippen LogP contribution in [0.5, 0.6) is 11.5 Å². The average Bonchev–Trinajstić information content (AvgIpc) is 3.33. The molecule has 0 amide bonds. The molecule has 0 bridgehead atoms. The zero-order valence-corrected chi connectivity index (χ0v) is 17.0. The number of piperidine rings is 1. The van der Waals surface area contributed by atoms with E-state index in [0.717, 1.165) is 48.1 Å². The summed E-state index contributed by atoms with van der Waals surface area (Å²) in [7, 11) is 4.07. The molecular formula is C22H27N5O2. The number of fused-ring (bicyclic) bond motifs is 1. The van der Waals surface area contributed by atoms with Gasteiger partial charge in [-0.3, -0.25) is 9.58 Å². The van der Waals surface area contributed by atoms with Crippen molar-refractivity contribution >= 4 is 0 Å². The van der Waals surface area contributed by atoms with E-state index in [-0.39, 0.29) is 0 Å². The van der Waals surface area contributed by atoms with Crippen LogP contribution in [0.15, 0.2) is 36.8 Å². The molecular weight excluding hydrogens is 366 g/mol. The van der Waals surface area contributed by atoms with E-state index in [1.54, 1.807) is 0 Å². The highest BCUT2D eigenvalue weighted by Gasteiger charge is 2.28. The number of hydrogen-bond acceptors (Lipinski definition) is 5. The molecule has 1 fully saturated rings. The summed E-state index contributed by atoms with van der Waals surface area (Å²) in [6, 6.07) is 6.45. The third-order valence-electron chi connectivity index (χ3n) is 5.86. The molecule has 4 heterocycles. The van der Waals surface area contributed by atoms with Crippen molar-refractivity contribution in [2.24, 2.45) is 14.1 Å². The summed E-state index contributed by atoms with van der Waals surface area (Å²) in [5.74, 6) is 2.76. The Kier molecular flexibility index (Phi) is 4.75. The molecule has 1 saturated heterocycles. The van der Waals surface area contributed by atoms with Crippen LogP contribution >= 0.6 is 0 Å². The van der Waals surface area contributed by atoms with Crippen LogP contribution in [0.2, 0.25) is 0 Å². The van der Waals surface area contributed by atoms with Crippen molar-refractivity contribution in [3.8, 4) is 22.8 Å². The van der Waals surface area contributed by atoms with E-state index in [0.29, 0.717) is 19.3 Å². The number of rotatable bonds is 4. The second-order valence-corrected chi connectivity index (χ2v) is 7.91. The molecule has 0 N–H and O–H groups in total. The summed E-state index contributed by atoms with van der Waals surface area (Å²) in [6.07, 6.45) is 9.68. The lowest BCUT2D eigenvalue weighted by Crippen LogP contribution is -2.34. The molecule has 29 heavy (non-hydrogen) atoms. The van der Waals surface area contributed by atoms with Gasteiger partial charge in [0.15, 0.2) is 11.5 Å². The molecule has 152 valence electrons. The van der Waals surface area contributed by atoms with Gasteiger partial charge in [-0.15, -0.1) is 0 Å². The first-order chi connectivity index (χ1) is 14.2. The summed E-state index contributed by atoms with van der Waals surface area (Å²) >= 11 is 0. The van der Waals surface area contributed by atoms with Gasteiger partial charge >= 0.3 is 0 Å². The molecule has 3 aromatic rings. The Bertz CT molecular complexity index is 1010. The highest BCUT2D eigenvalue weighted by molar-refractivity contribution is 5.66. The number of nitrogens with zero attached hydrogens (tertiary/aromatic N) is 5. The molecule has 2 aliphatic heterocycles. The molecule has 0 spiro atoms. The Labute approximate surface area is 170 Å². The summed E-state index contributed by atoms with van der Waals surface area (Å²) in [5, 5.41) is 4.77. The van der Waals surface area contributed by atoms with E-state index in [4.69, 9.17) is 14.6 Å². The maximum Gasteiger partial charge on any atom is 0.162 e. The topological polar surface area (TPSA) is 57.3 Å². The Morgan fingerprint density at radius 2 is 1.97 bits per heavy atom. The Morgan fingerprint density at radius 1 is 1.10 bits per heavy atom. The van der Waals surface area contributed by atoms with Crippen molar-refractivity contribution < 1.29 is 9.47 Å². The second-order valence-electron chi connectivity index (χ2n) is 7.91. The standard InChI is InChI=1S/C22H27N5O2/c1-25-10-8-23-22(25)18-5-3-4-9-27(18)15-17-14-26(2)24-21(17)16-6-7-19-20(13-16)29-12-11-28-19/h6-8,10,13-14,18H,3-5,9,11-12,15H2,1-2H3/t18-/m1/s1. The van der Waals surface area contributed by atoms with Gasteiger partial charge in [-0.25, -0.2) is 4.98 Å². The highest BCUT2D eigenvalue weighted by Crippen LogP contribution is 2.37. The van der Waals surface area contributed by atoms with Gasteiger partial charge in [-0.1, -0.05) is 6.42 Å². The van der Waals surface area contributed by atoms with Gasteiger partial charge in [0, 0.05) is 50.4 Å². The molecule has 1 aromatic carbocycles. The maximum atomic E-state index is 5.78. The quantitative estimate of drug-likeness (QED) is 0.681. The maximum absolute atomic E-state index is 5.78. The summed E-state index contributed by atoms with van der Waals surface area (Å²) in [6.45, 7) is 3.12. The van der Waals surface area contributed by atoms with Gasteiger partial charge < -0.3 is 14.0 Å². The SMILES string of the molecule is Cn1cc(CN2CCCC[C@@H]2c2nccn2C)c(-c2ccc3c(c2)OCCO3)n1. The van der Waals surface area contributed by atoms with Gasteiger partial charge in [-0.05, 0) is 37.6 Å². The Morgan fingerprint density at radius 3 is 2.79 bits per heavy atom. The number of imidazole rings is 1. The summed E-state index contributed by atoms with van der Waals surface area (Å²) < 4.78 is 15.5. The van der Waals surface area contributed by atoms with Gasteiger partial charge in [0.1, 0.15) is 19.0 Å². The molecule has 2 aromatic heterocycles. The average molecular weight is 393 g/mol. The number of benzene rings is 1. The number of ether oxygens (including phenoxy) is 2. The summed E-state index contributed by atoms with van der Waals surface area (Å²) in [4.78, 5) is 7.18. The van der Waals surface area contributed by atoms with Crippen molar-refractivity contribution in [2.45, 2.75) is 31.8 Å². The molecule has 1 atom stereocenters. The predicted molar refractivity (Wildman–Crippen MR) is 110 cm³/mol. The van der Waals surface area contributed by atoms with Crippen molar-refractivity contribution in [3.63, 3.8) is 0 Å². The lowest BCUT2D eigenvalue weighted by molar-refractivity contribution is 0.132. The number of aryl methyl sites for hydroxylation is 2. The fourth-order valence-electron chi connectivity index (χ4n) is 4.48. The van der Waals surface area contributed by atoms with E-state index in [1.807, 2.05) is 36.3 Å². The van der Waals surface area contributed by atoms with Crippen molar-refractivity contribution in [3.05, 3.63) is 48.2 Å². The second kappa shape index (κ2) is 7.55. The van der Waals surface area contributed by atoms with Crippen molar-refractivity contribution in [1.29, 1.82) is 0 Å². The summed E-state index contributed by atoms with van der Waals surface area (Å²) in [5.41, 5.74) is 3.30. The molecule has 0 radical (unpaired) electrons. The molecule has 2 aliphatic rings. The van der Waals surface area contributed by atoms with E-state index in [9.17, 15) is 0 Å². The van der Waals surface area contributed by atoms with Crippen LogP contribution in [-0.2, 0) is 20.6 Å². The zero-order chi connectivity index (χ0) is 19.8. The number of aromatic nitrogens is 4. The van der Waals surface area contributed by atoms with Gasteiger partial charge in [0.25, 0.3) is 0 Å². The third-order valence-corrected chi connectivity index (χ3v) is 5.86. The first kappa shape index (κ1) is 18.2. The molecule has 0 unspecified atom stereocenters. The first-order valence-electron chi connectivity index (χ1n) is 10.3. The van der Waals surface area contributed by atoms with Crippen LogP contribution in [0.25, 0.3) is 11.3 Å². The smallest absolute Gasteiger partial charge is 0.162 e. The fraction of sp³-hybridized carbons (Fsp3) is 0.455. The minimum atomic E-state index is 0.345. The van der Waals surface area contributed by atoms with E-state index in [1.165, 1.54) is 18.4 Å². The fourth-order valence-corrected chi connectivity index (χ4v) is 4.48. The van der Waals surface area contributed by atoms with Crippen LogP contribution in [0.3, 0.4) is 0 Å². The molecule has 7 nitrogen and oxygen atoms in total.